The van der Waals surface area contributed by atoms with E-state index < -0.39 is 0 Å². The molecule has 2 amide bonds. The van der Waals surface area contributed by atoms with Crippen LogP contribution >= 0.6 is 0 Å². The zero-order valence-electron chi connectivity index (χ0n) is 28.6. The Hall–Kier alpha value is -4.22. The second-order valence-corrected chi connectivity index (χ2v) is 14.5. The number of pyridine rings is 2. The van der Waals surface area contributed by atoms with Crippen LogP contribution in [-0.2, 0) is 19.1 Å². The maximum absolute atomic E-state index is 12.5. The summed E-state index contributed by atoms with van der Waals surface area (Å²) in [6, 6.07) is 3.28. The summed E-state index contributed by atoms with van der Waals surface area (Å²) in [6.45, 7) is 10.9. The Kier molecular flexibility index (Phi) is 10.6. The Labute approximate surface area is 281 Å². The third-order valence-corrected chi connectivity index (χ3v) is 10.3. The normalized spacial score (nSPS) is 28.2. The molecule has 4 saturated carbocycles. The molecule has 48 heavy (non-hydrogen) atoms. The van der Waals surface area contributed by atoms with E-state index in [9.17, 15) is 29.4 Å². The Balaban J connectivity index is 0.000000188. The molecule has 0 saturated heterocycles. The predicted molar refractivity (Wildman–Crippen MR) is 175 cm³/mol. The van der Waals surface area contributed by atoms with Gasteiger partial charge in [0.25, 0.3) is 11.8 Å². The number of aryl methyl sites for hydroxylation is 2. The fraction of sp³-hybridized carbons (Fsp3) is 0.611. The summed E-state index contributed by atoms with van der Waals surface area (Å²) < 4.78 is 10.7. The number of amides is 2. The minimum absolute atomic E-state index is 0.0345. The summed E-state index contributed by atoms with van der Waals surface area (Å²) >= 11 is 0. The van der Waals surface area contributed by atoms with Crippen molar-refractivity contribution in [1.29, 1.82) is 0 Å². The highest BCUT2D eigenvalue weighted by Gasteiger charge is 2.51. The Morgan fingerprint density at radius 2 is 1.21 bits per heavy atom. The van der Waals surface area contributed by atoms with E-state index in [0.717, 1.165) is 38.5 Å². The van der Waals surface area contributed by atoms with E-state index in [1.165, 1.54) is 12.4 Å². The highest BCUT2D eigenvalue weighted by Crippen LogP contribution is 2.50. The van der Waals surface area contributed by atoms with E-state index in [1.807, 2.05) is 27.7 Å². The lowest BCUT2D eigenvalue weighted by atomic mass is 9.85. The molecule has 2 aromatic rings. The fourth-order valence-corrected chi connectivity index (χ4v) is 8.07. The molecule has 4 bridgehead atoms. The van der Waals surface area contributed by atoms with Crippen molar-refractivity contribution in [3.63, 3.8) is 0 Å². The Morgan fingerprint density at radius 1 is 0.688 bits per heavy atom. The molecule has 12 nitrogen and oxygen atoms in total. The number of rotatable bonds is 8. The van der Waals surface area contributed by atoms with E-state index >= 15 is 0 Å². The van der Waals surface area contributed by atoms with Gasteiger partial charge in [0, 0.05) is 24.5 Å². The Morgan fingerprint density at radius 3 is 1.69 bits per heavy atom. The number of carbonyl (C=O) groups is 4. The first-order chi connectivity index (χ1) is 22.7. The Bertz CT molecular complexity index is 1540. The van der Waals surface area contributed by atoms with Crippen LogP contribution in [0.1, 0.15) is 98.3 Å². The molecule has 4 unspecified atom stereocenters. The van der Waals surface area contributed by atoms with Crippen molar-refractivity contribution >= 4 is 23.8 Å². The number of fused-ring (bicyclic) bond motifs is 4. The summed E-state index contributed by atoms with van der Waals surface area (Å²) in [4.78, 5) is 57.2. The van der Waals surface area contributed by atoms with Crippen molar-refractivity contribution in [3.05, 3.63) is 47.0 Å². The van der Waals surface area contributed by atoms with Gasteiger partial charge in [-0.05, 0) is 127 Å². The smallest absolute Gasteiger partial charge is 0.309 e. The average Bonchev–Trinajstić information content (AvgIpc) is 3.81. The standard InChI is InChI=1S/2C18H24N2O4/c1-9(2)24-18(23)13-7-12-6-11(13)8-14(12)20-17(22)15-16(21)10(3)4-5-19-15;1-9(2)24-18(23)13-7-11-6-12(13)14(8-11)20-17(22)15-16(21)10(3)4-5-19-15/h2*4-5,9,11-14,21H,6-8H2,1-3H3,(H,20,22)/t11?,12?,13-,14-;11?,12?,13-,14+/m10/s1. The average molecular weight is 665 g/mol. The lowest BCUT2D eigenvalue weighted by Gasteiger charge is -2.29. The minimum Gasteiger partial charge on any atom is -0.505 e. The number of aromatic nitrogens is 2. The van der Waals surface area contributed by atoms with Crippen LogP contribution in [-0.4, -0.2) is 68.2 Å². The molecule has 0 aliphatic heterocycles. The molecule has 0 aromatic carbocycles. The molecule has 2 heterocycles. The number of nitrogens with one attached hydrogen (secondary N) is 2. The van der Waals surface area contributed by atoms with Crippen molar-refractivity contribution in [2.24, 2.45) is 35.5 Å². The third-order valence-electron chi connectivity index (χ3n) is 10.3. The van der Waals surface area contributed by atoms with Crippen molar-refractivity contribution in [2.75, 3.05) is 0 Å². The molecule has 12 heteroatoms. The van der Waals surface area contributed by atoms with Gasteiger partial charge in [-0.15, -0.1) is 0 Å². The number of carbonyl (C=O) groups excluding carboxylic acids is 4. The first-order valence-electron chi connectivity index (χ1n) is 17.0. The number of nitrogens with zero attached hydrogens (tertiary/aromatic N) is 2. The highest BCUT2D eigenvalue weighted by molar-refractivity contribution is 5.96. The van der Waals surface area contributed by atoms with E-state index in [4.69, 9.17) is 9.47 Å². The van der Waals surface area contributed by atoms with Crippen LogP contribution in [0, 0.1) is 49.4 Å². The molecule has 6 rings (SSSR count). The summed E-state index contributed by atoms with van der Waals surface area (Å²) in [6.07, 6.45) is 7.93. The molecular weight excluding hydrogens is 616 g/mol. The summed E-state index contributed by atoms with van der Waals surface area (Å²) in [5.74, 6) is -0.243. The molecule has 4 fully saturated rings. The van der Waals surface area contributed by atoms with Gasteiger partial charge in [0.1, 0.15) is 11.5 Å². The van der Waals surface area contributed by atoms with Gasteiger partial charge in [-0.3, -0.25) is 19.2 Å². The van der Waals surface area contributed by atoms with Gasteiger partial charge in [-0.1, -0.05) is 0 Å². The zero-order valence-corrected chi connectivity index (χ0v) is 28.6. The molecule has 4 aliphatic rings. The van der Waals surface area contributed by atoms with E-state index in [-0.39, 0.29) is 101 Å². The van der Waals surface area contributed by atoms with Crippen LogP contribution in [0.15, 0.2) is 24.5 Å². The predicted octanol–water partition coefficient (Wildman–Crippen LogP) is 4.38. The number of hydrogen-bond donors (Lipinski definition) is 4. The number of aromatic hydroxyl groups is 2. The molecule has 0 spiro atoms. The van der Waals surface area contributed by atoms with Gasteiger partial charge in [0.05, 0.1) is 24.0 Å². The van der Waals surface area contributed by atoms with Gasteiger partial charge in [-0.2, -0.15) is 0 Å². The summed E-state index contributed by atoms with van der Waals surface area (Å²) in [5.41, 5.74) is 1.34. The lowest BCUT2D eigenvalue weighted by molar-refractivity contribution is -0.155. The monoisotopic (exact) mass is 664 g/mol. The van der Waals surface area contributed by atoms with Gasteiger partial charge in [0.15, 0.2) is 11.4 Å². The van der Waals surface area contributed by atoms with Crippen molar-refractivity contribution in [1.82, 2.24) is 20.6 Å². The van der Waals surface area contributed by atoms with Crippen LogP contribution in [0.25, 0.3) is 0 Å². The molecule has 2 aromatic heterocycles. The SMILES string of the molecule is Cc1ccnc(C(=O)N[C@@H]2CC3CC2C[C@H]3C(=O)OC(C)C)c1O.Cc1ccnc(C(=O)N[C@@H]2CC3CC2[C@@H](C(=O)OC(C)C)C3)c1O. The molecule has 260 valence electrons. The van der Waals surface area contributed by atoms with Crippen LogP contribution < -0.4 is 10.6 Å². The van der Waals surface area contributed by atoms with E-state index in [1.54, 1.807) is 26.0 Å². The first-order valence-corrected chi connectivity index (χ1v) is 17.0. The first kappa shape index (κ1) is 35.1. The van der Waals surface area contributed by atoms with Crippen LogP contribution in [0.3, 0.4) is 0 Å². The molecular formula is C36H48N4O8. The van der Waals surface area contributed by atoms with Gasteiger partial charge in [0.2, 0.25) is 0 Å². The fourth-order valence-electron chi connectivity index (χ4n) is 8.07. The molecule has 4 N–H and O–H groups in total. The van der Waals surface area contributed by atoms with Crippen molar-refractivity contribution < 1.29 is 38.9 Å². The minimum atomic E-state index is -0.385. The molecule has 8 atom stereocenters. The second-order valence-electron chi connectivity index (χ2n) is 14.5. The van der Waals surface area contributed by atoms with E-state index in [0.29, 0.717) is 17.0 Å². The summed E-state index contributed by atoms with van der Waals surface area (Å²) in [5, 5.41) is 25.9. The van der Waals surface area contributed by atoms with Crippen LogP contribution in [0.4, 0.5) is 0 Å². The second kappa shape index (κ2) is 14.5. The lowest BCUT2D eigenvalue weighted by Crippen LogP contribution is -2.43. The van der Waals surface area contributed by atoms with Gasteiger partial charge < -0.3 is 30.3 Å². The van der Waals surface area contributed by atoms with Gasteiger partial charge >= 0.3 is 11.9 Å². The molecule has 4 aliphatic carbocycles. The molecule has 0 radical (unpaired) electrons. The third kappa shape index (κ3) is 7.57. The number of ether oxygens (including phenoxy) is 2. The summed E-state index contributed by atoms with van der Waals surface area (Å²) in [7, 11) is 0. The van der Waals surface area contributed by atoms with Crippen molar-refractivity contribution in [2.45, 2.75) is 104 Å². The highest BCUT2D eigenvalue weighted by atomic mass is 16.5. The van der Waals surface area contributed by atoms with Crippen LogP contribution in [0.5, 0.6) is 11.5 Å². The largest absolute Gasteiger partial charge is 0.505 e. The maximum atomic E-state index is 12.5. The number of esters is 2. The topological polar surface area (TPSA) is 177 Å². The van der Waals surface area contributed by atoms with E-state index in [2.05, 4.69) is 20.6 Å². The van der Waals surface area contributed by atoms with Gasteiger partial charge in [-0.25, -0.2) is 9.97 Å². The van der Waals surface area contributed by atoms with Crippen LogP contribution in [0.2, 0.25) is 0 Å². The maximum Gasteiger partial charge on any atom is 0.309 e. The van der Waals surface area contributed by atoms with Crippen molar-refractivity contribution in [3.8, 4) is 11.5 Å². The zero-order chi connectivity index (χ0) is 34.9. The quantitative estimate of drug-likeness (QED) is 0.296. The number of hydrogen-bond acceptors (Lipinski definition) is 10.